The summed E-state index contributed by atoms with van der Waals surface area (Å²) in [5.74, 6) is -2.20. The highest BCUT2D eigenvalue weighted by Crippen LogP contribution is 2.22. The molecule has 3 rings (SSSR count). The van der Waals surface area contributed by atoms with Crippen molar-refractivity contribution < 1.29 is 23.9 Å². The number of aromatic nitrogens is 3. The number of nitrogens with one attached hydrogen (secondary N) is 1. The van der Waals surface area contributed by atoms with Crippen molar-refractivity contribution in [1.29, 1.82) is 0 Å². The maximum atomic E-state index is 12.8. The molecule has 0 aliphatic heterocycles. The summed E-state index contributed by atoms with van der Waals surface area (Å²) in [4.78, 5) is 44.2. The summed E-state index contributed by atoms with van der Waals surface area (Å²) in [6.07, 6.45) is 4.43. The number of carbonyl (C=O) groups excluding carboxylic acids is 2. The van der Waals surface area contributed by atoms with Crippen LogP contribution >= 0.6 is 0 Å². The molecule has 10 heteroatoms. The number of nitrogens with two attached hydrogens (primary N) is 1. The first-order valence-corrected chi connectivity index (χ1v) is 8.67. The minimum Gasteiger partial charge on any atom is -0.480 e. The highest BCUT2D eigenvalue weighted by Gasteiger charge is 2.24. The molecule has 0 aromatic carbocycles. The van der Waals surface area contributed by atoms with E-state index in [-0.39, 0.29) is 22.7 Å². The lowest BCUT2D eigenvalue weighted by Gasteiger charge is -2.15. The van der Waals surface area contributed by atoms with Crippen LogP contribution in [0.3, 0.4) is 0 Å². The van der Waals surface area contributed by atoms with Gasteiger partial charge in [-0.2, -0.15) is 0 Å². The molecule has 0 aliphatic rings. The number of furan rings is 1. The predicted molar refractivity (Wildman–Crippen MR) is 97.6 cm³/mol. The van der Waals surface area contributed by atoms with Gasteiger partial charge in [0.1, 0.15) is 23.8 Å². The van der Waals surface area contributed by atoms with E-state index in [0.717, 1.165) is 6.42 Å². The van der Waals surface area contributed by atoms with E-state index in [1.165, 1.54) is 23.1 Å². The number of fused-ring (bicyclic) bond motifs is 1. The number of hydrogen-bond donors (Lipinski definition) is 3. The molecule has 146 valence electrons. The molecule has 0 fully saturated rings. The Hall–Kier alpha value is -3.69. The molecular formula is C18H19N5O5. The number of hydrogen-bond acceptors (Lipinski definition) is 6. The van der Waals surface area contributed by atoms with Crippen molar-refractivity contribution in [2.24, 2.45) is 5.73 Å². The zero-order valence-electron chi connectivity index (χ0n) is 15.1. The van der Waals surface area contributed by atoms with Crippen LogP contribution in [0.2, 0.25) is 0 Å². The molecule has 10 nitrogen and oxygen atoms in total. The number of carboxylic acids is 1. The van der Waals surface area contributed by atoms with Crippen molar-refractivity contribution in [3.8, 4) is 11.5 Å². The lowest BCUT2D eigenvalue weighted by Crippen LogP contribution is -2.41. The largest absolute Gasteiger partial charge is 0.480 e. The van der Waals surface area contributed by atoms with Gasteiger partial charge in [-0.15, -0.1) is 0 Å². The Kier molecular flexibility index (Phi) is 5.39. The summed E-state index contributed by atoms with van der Waals surface area (Å²) in [5.41, 5.74) is 5.64. The third-order valence-corrected chi connectivity index (χ3v) is 4.19. The number of rotatable bonds is 8. The van der Waals surface area contributed by atoms with Gasteiger partial charge in [-0.05, 0) is 24.6 Å². The number of imidazole rings is 1. The number of unbranched alkanes of at least 4 members (excludes halogenated alkanes) is 1. The van der Waals surface area contributed by atoms with E-state index in [1.54, 1.807) is 12.1 Å². The van der Waals surface area contributed by atoms with Crippen molar-refractivity contribution in [1.82, 2.24) is 19.7 Å². The van der Waals surface area contributed by atoms with Crippen LogP contribution in [0.15, 0.2) is 35.2 Å². The Labute approximate surface area is 159 Å². The zero-order valence-corrected chi connectivity index (χ0v) is 15.1. The second-order valence-electron chi connectivity index (χ2n) is 6.16. The normalized spacial score (nSPS) is 12.0. The van der Waals surface area contributed by atoms with Gasteiger partial charge in [0.15, 0.2) is 17.1 Å². The van der Waals surface area contributed by atoms with Crippen molar-refractivity contribution in [2.75, 3.05) is 0 Å². The molecule has 0 saturated heterocycles. The molecule has 0 unspecified atom stereocenters. The second-order valence-corrected chi connectivity index (χ2v) is 6.16. The first-order valence-electron chi connectivity index (χ1n) is 8.67. The number of aliphatic carboxylic acids is 1. The number of primary amides is 1. The molecular weight excluding hydrogens is 366 g/mol. The highest BCUT2D eigenvalue weighted by molar-refractivity contribution is 6.00. The van der Waals surface area contributed by atoms with Crippen LogP contribution in [0.5, 0.6) is 0 Å². The molecule has 0 saturated carbocycles. The van der Waals surface area contributed by atoms with Crippen LogP contribution < -0.4 is 11.1 Å². The minimum absolute atomic E-state index is 0.0548. The van der Waals surface area contributed by atoms with Gasteiger partial charge >= 0.3 is 5.97 Å². The van der Waals surface area contributed by atoms with Gasteiger partial charge in [-0.1, -0.05) is 19.8 Å². The van der Waals surface area contributed by atoms with Crippen molar-refractivity contribution >= 4 is 23.4 Å². The van der Waals surface area contributed by atoms with E-state index in [2.05, 4.69) is 15.3 Å². The average Bonchev–Trinajstić information content (AvgIpc) is 3.33. The van der Waals surface area contributed by atoms with Gasteiger partial charge in [0, 0.05) is 0 Å². The Morgan fingerprint density at radius 1 is 1.39 bits per heavy atom. The van der Waals surface area contributed by atoms with E-state index in [4.69, 9.17) is 10.2 Å². The molecule has 4 N–H and O–H groups in total. The Balaban J connectivity index is 2.07. The van der Waals surface area contributed by atoms with Crippen LogP contribution in [-0.2, 0) is 4.79 Å². The quantitative estimate of drug-likeness (QED) is 0.530. The molecule has 0 radical (unpaired) electrons. The molecule has 3 aromatic rings. The first-order chi connectivity index (χ1) is 13.4. The number of nitrogens with zero attached hydrogens (tertiary/aromatic N) is 3. The summed E-state index contributed by atoms with van der Waals surface area (Å²) >= 11 is 0. The number of carboxylic acid groups (broad SMARTS) is 1. The fraction of sp³-hybridized carbons (Fsp3) is 0.278. The highest BCUT2D eigenvalue weighted by atomic mass is 16.4. The van der Waals surface area contributed by atoms with Crippen LogP contribution in [0.1, 0.15) is 47.2 Å². The summed E-state index contributed by atoms with van der Waals surface area (Å²) in [5, 5.41) is 11.9. The van der Waals surface area contributed by atoms with Crippen LogP contribution in [0.25, 0.3) is 17.1 Å². The standard InChI is InChI=1S/C18H19N5O5/c1-2-3-5-10(18(26)27)22-17(25)12-8-11(13-6-4-7-28-13)21-16-14(15(19)24)20-9-23(12)16/h4,6-10H,2-3,5H2,1H3,(H2,19,24)(H,22,25)(H,26,27)/t10-/m0/s1. The van der Waals surface area contributed by atoms with Gasteiger partial charge in [0.25, 0.3) is 11.8 Å². The van der Waals surface area contributed by atoms with Crippen molar-refractivity contribution in [3.63, 3.8) is 0 Å². The average molecular weight is 385 g/mol. The Morgan fingerprint density at radius 3 is 2.79 bits per heavy atom. The molecule has 0 bridgehead atoms. The van der Waals surface area contributed by atoms with Gasteiger partial charge in [0.05, 0.1) is 6.26 Å². The second kappa shape index (κ2) is 7.91. The van der Waals surface area contributed by atoms with Crippen LogP contribution in [0.4, 0.5) is 0 Å². The maximum absolute atomic E-state index is 12.8. The van der Waals surface area contributed by atoms with E-state index in [0.29, 0.717) is 18.6 Å². The minimum atomic E-state index is -1.12. The first kappa shape index (κ1) is 19.1. The maximum Gasteiger partial charge on any atom is 0.326 e. The Morgan fingerprint density at radius 2 is 2.18 bits per heavy atom. The fourth-order valence-electron chi connectivity index (χ4n) is 2.77. The summed E-state index contributed by atoms with van der Waals surface area (Å²) in [7, 11) is 0. The fourth-order valence-corrected chi connectivity index (χ4v) is 2.77. The third kappa shape index (κ3) is 3.70. The molecule has 2 amide bonds. The molecule has 28 heavy (non-hydrogen) atoms. The Bertz CT molecular complexity index is 1020. The van der Waals surface area contributed by atoms with E-state index >= 15 is 0 Å². The van der Waals surface area contributed by atoms with Crippen LogP contribution in [0, 0.1) is 0 Å². The monoisotopic (exact) mass is 385 g/mol. The van der Waals surface area contributed by atoms with Gasteiger partial charge in [-0.3, -0.25) is 14.0 Å². The van der Waals surface area contributed by atoms with Gasteiger partial charge < -0.3 is 20.6 Å². The summed E-state index contributed by atoms with van der Waals surface area (Å²) in [6, 6.07) is 3.69. The number of carbonyl (C=O) groups is 3. The third-order valence-electron chi connectivity index (χ3n) is 4.19. The molecule has 1 atom stereocenters. The number of amides is 2. The SMILES string of the molecule is CCCC[C@H](NC(=O)c1cc(-c2ccco2)nc2c(C(N)=O)ncn12)C(=O)O. The van der Waals surface area contributed by atoms with E-state index in [9.17, 15) is 19.5 Å². The zero-order chi connectivity index (χ0) is 20.3. The van der Waals surface area contributed by atoms with Gasteiger partial charge in [-0.25, -0.2) is 14.8 Å². The lowest BCUT2D eigenvalue weighted by atomic mass is 10.1. The predicted octanol–water partition coefficient (Wildman–Crippen LogP) is 1.46. The van der Waals surface area contributed by atoms with Crippen molar-refractivity contribution in [2.45, 2.75) is 32.2 Å². The summed E-state index contributed by atoms with van der Waals surface area (Å²) < 4.78 is 6.61. The van der Waals surface area contributed by atoms with E-state index in [1.807, 2.05) is 6.92 Å². The molecule has 3 aromatic heterocycles. The van der Waals surface area contributed by atoms with Crippen LogP contribution in [-0.4, -0.2) is 43.3 Å². The van der Waals surface area contributed by atoms with Crippen molar-refractivity contribution in [3.05, 3.63) is 42.2 Å². The lowest BCUT2D eigenvalue weighted by molar-refractivity contribution is -0.139. The summed E-state index contributed by atoms with van der Waals surface area (Å²) in [6.45, 7) is 1.93. The molecule has 0 spiro atoms. The van der Waals surface area contributed by atoms with E-state index < -0.39 is 23.8 Å². The molecule has 0 aliphatic carbocycles. The topological polar surface area (TPSA) is 153 Å². The smallest absolute Gasteiger partial charge is 0.326 e. The van der Waals surface area contributed by atoms with Gasteiger partial charge in [0.2, 0.25) is 0 Å². The molecule has 3 heterocycles.